The smallest absolute Gasteiger partial charge is 0.314 e. The predicted octanol–water partition coefficient (Wildman–Crippen LogP) is 1.01. The van der Waals surface area contributed by atoms with Crippen molar-refractivity contribution in [3.05, 3.63) is 24.3 Å². The number of nitrogens with zero attached hydrogens (tertiary/aromatic N) is 1. The molecule has 2 rings (SSSR count). The number of urea groups is 1. The van der Waals surface area contributed by atoms with Crippen molar-refractivity contribution in [3.63, 3.8) is 0 Å². The lowest BCUT2D eigenvalue weighted by molar-refractivity contribution is 0.193. The number of carbonyl (C=O) groups excluding carboxylic acids is 1. The van der Waals surface area contributed by atoms with Gasteiger partial charge in [-0.1, -0.05) is 6.07 Å². The van der Waals surface area contributed by atoms with Gasteiger partial charge in [0.2, 0.25) is 10.0 Å². The third-order valence-electron chi connectivity index (χ3n) is 3.34. The maximum atomic E-state index is 11.2. The van der Waals surface area contributed by atoms with Crippen molar-refractivity contribution < 1.29 is 13.2 Å². The summed E-state index contributed by atoms with van der Waals surface area (Å²) >= 11 is 0. The van der Waals surface area contributed by atoms with E-state index < -0.39 is 10.0 Å². The molecular weight excluding hydrogens is 292 g/mol. The number of hydrogen-bond acceptors (Lipinski definition) is 4. The topological polar surface area (TPSA) is 105 Å². The van der Waals surface area contributed by atoms with Gasteiger partial charge < -0.3 is 16.0 Å². The summed E-state index contributed by atoms with van der Waals surface area (Å²) in [6.07, 6.45) is 2.74. The number of benzene rings is 1. The van der Waals surface area contributed by atoms with E-state index in [9.17, 15) is 13.2 Å². The molecule has 2 amide bonds. The minimum absolute atomic E-state index is 0.245. The fourth-order valence-electron chi connectivity index (χ4n) is 2.37. The highest BCUT2D eigenvalue weighted by molar-refractivity contribution is 7.92. The Bertz CT molecular complexity index is 610. The number of sulfonamides is 1. The Labute approximate surface area is 124 Å². The molecule has 0 atom stereocenters. The van der Waals surface area contributed by atoms with Crippen LogP contribution in [0.1, 0.15) is 12.8 Å². The second-order valence-corrected chi connectivity index (χ2v) is 6.95. The van der Waals surface area contributed by atoms with Crippen molar-refractivity contribution in [3.8, 4) is 0 Å². The molecule has 1 aliphatic heterocycles. The molecule has 1 saturated heterocycles. The summed E-state index contributed by atoms with van der Waals surface area (Å²) in [5.74, 6) is 0. The van der Waals surface area contributed by atoms with Crippen LogP contribution >= 0.6 is 0 Å². The molecule has 1 aromatic carbocycles. The summed E-state index contributed by atoms with van der Waals surface area (Å²) in [7, 11) is -3.28. The molecule has 116 valence electrons. The minimum Gasteiger partial charge on any atom is -0.382 e. The molecule has 7 nitrogen and oxygen atoms in total. The Morgan fingerprint density at radius 1 is 1.29 bits per heavy atom. The van der Waals surface area contributed by atoms with Crippen LogP contribution in [0, 0.1) is 0 Å². The summed E-state index contributed by atoms with van der Waals surface area (Å²) in [4.78, 5) is 12.7. The van der Waals surface area contributed by atoms with Gasteiger partial charge in [-0.25, -0.2) is 13.2 Å². The highest BCUT2D eigenvalue weighted by atomic mass is 32.2. The van der Waals surface area contributed by atoms with E-state index in [-0.39, 0.29) is 12.1 Å². The third kappa shape index (κ3) is 4.82. The van der Waals surface area contributed by atoms with Crippen LogP contribution in [0.3, 0.4) is 0 Å². The van der Waals surface area contributed by atoms with Crippen molar-refractivity contribution in [2.45, 2.75) is 18.9 Å². The zero-order valence-corrected chi connectivity index (χ0v) is 12.7. The summed E-state index contributed by atoms with van der Waals surface area (Å²) in [5, 5.41) is 3.35. The molecule has 1 aliphatic rings. The van der Waals surface area contributed by atoms with Crippen LogP contribution in [0.5, 0.6) is 0 Å². The van der Waals surface area contributed by atoms with Crippen LogP contribution in [0.2, 0.25) is 0 Å². The maximum Gasteiger partial charge on any atom is 0.314 e. The zero-order chi connectivity index (χ0) is 15.5. The first-order valence-corrected chi connectivity index (χ1v) is 8.61. The number of rotatable bonds is 4. The monoisotopic (exact) mass is 312 g/mol. The van der Waals surface area contributed by atoms with Crippen molar-refractivity contribution in [2.75, 3.05) is 29.4 Å². The number of anilines is 2. The van der Waals surface area contributed by atoms with Gasteiger partial charge >= 0.3 is 6.03 Å². The van der Waals surface area contributed by atoms with Gasteiger partial charge in [-0.3, -0.25) is 4.72 Å². The van der Waals surface area contributed by atoms with Gasteiger partial charge in [0.1, 0.15) is 0 Å². The number of likely N-dealkylation sites (tertiary alicyclic amines) is 1. The Kier molecular flexibility index (Phi) is 4.56. The molecule has 4 N–H and O–H groups in total. The molecule has 21 heavy (non-hydrogen) atoms. The summed E-state index contributed by atoms with van der Waals surface area (Å²) in [5.41, 5.74) is 6.62. The van der Waals surface area contributed by atoms with Crippen LogP contribution in [-0.2, 0) is 10.0 Å². The van der Waals surface area contributed by atoms with E-state index in [2.05, 4.69) is 10.0 Å². The molecule has 0 radical (unpaired) electrons. The van der Waals surface area contributed by atoms with Gasteiger partial charge in [0.05, 0.1) is 11.9 Å². The molecule has 1 aromatic rings. The Balaban J connectivity index is 1.95. The molecule has 1 heterocycles. The number of piperidine rings is 1. The van der Waals surface area contributed by atoms with Gasteiger partial charge in [-0.15, -0.1) is 0 Å². The number of carbonyl (C=O) groups is 1. The van der Waals surface area contributed by atoms with E-state index in [0.717, 1.165) is 24.8 Å². The third-order valence-corrected chi connectivity index (χ3v) is 3.95. The Morgan fingerprint density at radius 3 is 2.48 bits per heavy atom. The van der Waals surface area contributed by atoms with Gasteiger partial charge in [-0.2, -0.15) is 0 Å². The van der Waals surface area contributed by atoms with E-state index in [1.54, 1.807) is 23.1 Å². The molecule has 0 saturated carbocycles. The van der Waals surface area contributed by atoms with Gasteiger partial charge in [0, 0.05) is 24.8 Å². The second-order valence-electron chi connectivity index (χ2n) is 5.20. The van der Waals surface area contributed by atoms with Gasteiger partial charge in [0.15, 0.2) is 0 Å². The zero-order valence-electron chi connectivity index (χ0n) is 11.9. The Hall–Kier alpha value is -1.96. The SMILES string of the molecule is CS(=O)(=O)Nc1cccc(NC2CCN(C(N)=O)CC2)c1. The summed E-state index contributed by atoms with van der Waals surface area (Å²) in [6, 6.07) is 6.98. The maximum absolute atomic E-state index is 11.2. The quantitative estimate of drug-likeness (QED) is 0.771. The molecule has 8 heteroatoms. The number of nitrogens with two attached hydrogens (primary N) is 1. The molecule has 0 unspecified atom stereocenters. The number of nitrogens with one attached hydrogen (secondary N) is 2. The van der Waals surface area contributed by atoms with E-state index in [0.29, 0.717) is 18.8 Å². The average Bonchev–Trinajstić information content (AvgIpc) is 2.37. The van der Waals surface area contributed by atoms with Gasteiger partial charge in [-0.05, 0) is 31.0 Å². The van der Waals surface area contributed by atoms with E-state index in [1.807, 2.05) is 6.07 Å². The lowest BCUT2D eigenvalue weighted by Crippen LogP contribution is -2.44. The summed E-state index contributed by atoms with van der Waals surface area (Å²) < 4.78 is 24.9. The minimum atomic E-state index is -3.28. The fourth-order valence-corrected chi connectivity index (χ4v) is 2.92. The molecule has 0 bridgehead atoms. The highest BCUT2D eigenvalue weighted by Gasteiger charge is 2.20. The lowest BCUT2D eigenvalue weighted by Gasteiger charge is -2.31. The number of hydrogen-bond donors (Lipinski definition) is 3. The standard InChI is InChI=1S/C13H20N4O3S/c1-21(19,20)16-12-4-2-3-11(9-12)15-10-5-7-17(8-6-10)13(14)18/h2-4,9-10,15-16H,5-8H2,1H3,(H2,14,18). The van der Waals surface area contributed by atoms with Crippen molar-refractivity contribution in [1.82, 2.24) is 4.90 Å². The average molecular weight is 312 g/mol. The van der Waals surface area contributed by atoms with E-state index in [1.165, 1.54) is 0 Å². The second kappa shape index (κ2) is 6.21. The summed E-state index contributed by atoms with van der Waals surface area (Å²) in [6.45, 7) is 1.27. The number of primary amides is 1. The molecule has 0 spiro atoms. The molecule has 0 aromatic heterocycles. The highest BCUT2D eigenvalue weighted by Crippen LogP contribution is 2.20. The Morgan fingerprint density at radius 2 is 1.90 bits per heavy atom. The predicted molar refractivity (Wildman–Crippen MR) is 82.7 cm³/mol. The largest absolute Gasteiger partial charge is 0.382 e. The van der Waals surface area contributed by atoms with Crippen LogP contribution in [0.4, 0.5) is 16.2 Å². The van der Waals surface area contributed by atoms with Crippen LogP contribution in [0.15, 0.2) is 24.3 Å². The molecular formula is C13H20N4O3S. The lowest BCUT2D eigenvalue weighted by atomic mass is 10.0. The van der Waals surface area contributed by atoms with Gasteiger partial charge in [0.25, 0.3) is 0 Å². The first-order chi connectivity index (χ1) is 9.83. The van der Waals surface area contributed by atoms with Crippen molar-refractivity contribution in [2.24, 2.45) is 5.73 Å². The van der Waals surface area contributed by atoms with Crippen LogP contribution in [0.25, 0.3) is 0 Å². The van der Waals surface area contributed by atoms with Crippen LogP contribution < -0.4 is 15.8 Å². The first-order valence-electron chi connectivity index (χ1n) is 6.72. The van der Waals surface area contributed by atoms with Crippen molar-refractivity contribution >= 4 is 27.4 Å². The van der Waals surface area contributed by atoms with Crippen LogP contribution in [-0.4, -0.2) is 44.7 Å². The van der Waals surface area contributed by atoms with E-state index in [4.69, 9.17) is 5.73 Å². The van der Waals surface area contributed by atoms with Crippen molar-refractivity contribution in [1.29, 1.82) is 0 Å². The fraction of sp³-hybridized carbons (Fsp3) is 0.462. The molecule has 1 fully saturated rings. The number of amides is 2. The first kappa shape index (κ1) is 15.4. The van der Waals surface area contributed by atoms with E-state index >= 15 is 0 Å². The molecule has 0 aliphatic carbocycles. The normalized spacial score (nSPS) is 16.5.